The van der Waals surface area contributed by atoms with Gasteiger partial charge in [0, 0.05) is 0 Å². The van der Waals surface area contributed by atoms with Crippen LogP contribution in [-0.2, 0) is 14.9 Å². The van der Waals surface area contributed by atoms with Crippen LogP contribution in [0, 0.1) is 0 Å². The van der Waals surface area contributed by atoms with Crippen LogP contribution in [-0.4, -0.2) is 28.8 Å². The molecule has 0 aromatic heterocycles. The summed E-state index contributed by atoms with van der Waals surface area (Å²) in [6.07, 6.45) is 6.24. The van der Waals surface area contributed by atoms with Crippen LogP contribution in [0.1, 0.15) is 8.35 Å². The van der Waals surface area contributed by atoms with Crippen LogP contribution < -0.4 is 29.6 Å². The minimum absolute atomic E-state index is 0. The number of carboxylic acid groups (broad SMARTS) is 1. The third-order valence-electron chi connectivity index (χ3n) is 2.14. The van der Waals surface area contributed by atoms with Gasteiger partial charge in [-0.25, -0.2) is 4.79 Å². The molecule has 1 aliphatic rings. The van der Waals surface area contributed by atoms with E-state index in [1.54, 1.807) is 13.0 Å². The molecule has 16 heavy (non-hydrogen) atoms. The summed E-state index contributed by atoms with van der Waals surface area (Å²) in [6, 6.07) is 0. The van der Waals surface area contributed by atoms with E-state index in [1.165, 1.54) is 12.2 Å². The summed E-state index contributed by atoms with van der Waals surface area (Å²) < 4.78 is 28.5. The average molecular weight is 254 g/mol. The zero-order chi connectivity index (χ0) is 11.7. The van der Waals surface area contributed by atoms with Crippen molar-refractivity contribution in [2.75, 3.05) is 0 Å². The molecule has 0 saturated carbocycles. The number of hydrogen-bond acceptors (Lipinski definition) is 3. The standard InChI is InChI=1S/C9H10O5S.Na.H/c1-2-7-3-5-9(6-4-7,8(10)11)15(12,13)14;;/h2-6H,1H3,(H,10,11)(H,12,13,14);;/q;+1;-1. The predicted molar refractivity (Wildman–Crippen MR) is 55.1 cm³/mol. The molecule has 2 N–H and O–H groups in total. The van der Waals surface area contributed by atoms with Crippen LogP contribution in [0.3, 0.4) is 0 Å². The Hall–Kier alpha value is -0.400. The monoisotopic (exact) mass is 254 g/mol. The van der Waals surface area contributed by atoms with Crippen LogP contribution in [0.25, 0.3) is 0 Å². The predicted octanol–water partition coefficient (Wildman–Crippen LogP) is -2.11. The van der Waals surface area contributed by atoms with Crippen LogP contribution in [0.2, 0.25) is 0 Å². The maximum atomic E-state index is 11.0. The zero-order valence-corrected chi connectivity index (χ0v) is 11.7. The van der Waals surface area contributed by atoms with E-state index in [4.69, 9.17) is 9.66 Å². The molecule has 0 aromatic carbocycles. The number of carboxylic acids is 1. The van der Waals surface area contributed by atoms with E-state index in [0.717, 1.165) is 12.2 Å². The summed E-state index contributed by atoms with van der Waals surface area (Å²) in [7, 11) is -4.72. The molecule has 1 aliphatic carbocycles. The van der Waals surface area contributed by atoms with E-state index < -0.39 is 20.8 Å². The molecule has 0 radical (unpaired) electrons. The Morgan fingerprint density at radius 2 is 1.88 bits per heavy atom. The molecule has 0 amide bonds. The largest absolute Gasteiger partial charge is 1.00 e. The van der Waals surface area contributed by atoms with Crippen molar-refractivity contribution in [1.29, 1.82) is 0 Å². The molecule has 84 valence electrons. The van der Waals surface area contributed by atoms with Crippen molar-refractivity contribution in [2.24, 2.45) is 0 Å². The number of hydrogen-bond donors (Lipinski definition) is 2. The normalized spacial score (nSPS) is 23.8. The number of allylic oxidation sites excluding steroid dienone is 4. The molecule has 5 nitrogen and oxygen atoms in total. The molecule has 0 fully saturated rings. The molecule has 0 aliphatic heterocycles. The molecule has 0 atom stereocenters. The third kappa shape index (κ3) is 2.64. The summed E-state index contributed by atoms with van der Waals surface area (Å²) in [4.78, 5) is 10.9. The van der Waals surface area contributed by atoms with Crippen LogP contribution in [0.15, 0.2) is 36.0 Å². The molecular formula is C9H11NaO5S. The quantitative estimate of drug-likeness (QED) is 0.434. The van der Waals surface area contributed by atoms with Gasteiger partial charge in [0.05, 0.1) is 0 Å². The first-order valence-corrected chi connectivity index (χ1v) is 5.53. The van der Waals surface area contributed by atoms with Gasteiger partial charge in [0.15, 0.2) is 0 Å². The van der Waals surface area contributed by atoms with E-state index in [2.05, 4.69) is 0 Å². The fourth-order valence-corrected chi connectivity index (χ4v) is 1.87. The third-order valence-corrected chi connectivity index (χ3v) is 3.44. The summed E-state index contributed by atoms with van der Waals surface area (Å²) in [6.45, 7) is 1.73. The van der Waals surface area contributed by atoms with Crippen molar-refractivity contribution in [3.8, 4) is 0 Å². The maximum Gasteiger partial charge on any atom is 1.00 e. The van der Waals surface area contributed by atoms with Gasteiger partial charge in [-0.05, 0) is 24.6 Å². The second kappa shape index (κ2) is 5.29. The fourth-order valence-electron chi connectivity index (χ4n) is 1.17. The van der Waals surface area contributed by atoms with Gasteiger partial charge in [-0.2, -0.15) is 8.42 Å². The van der Waals surface area contributed by atoms with E-state index in [1.807, 2.05) is 0 Å². The van der Waals surface area contributed by atoms with Crippen LogP contribution >= 0.6 is 0 Å². The molecular weight excluding hydrogens is 243 g/mol. The van der Waals surface area contributed by atoms with E-state index in [0.29, 0.717) is 5.57 Å². The first kappa shape index (κ1) is 15.6. The average Bonchev–Trinajstić information content (AvgIpc) is 2.16. The summed E-state index contributed by atoms with van der Waals surface area (Å²) in [5, 5.41) is 8.82. The Morgan fingerprint density at radius 1 is 1.44 bits per heavy atom. The van der Waals surface area contributed by atoms with Crippen molar-refractivity contribution in [3.05, 3.63) is 36.0 Å². The van der Waals surface area contributed by atoms with Crippen molar-refractivity contribution in [3.63, 3.8) is 0 Å². The second-order valence-corrected chi connectivity index (χ2v) is 4.65. The minimum Gasteiger partial charge on any atom is -1.00 e. The fraction of sp³-hybridized carbons (Fsp3) is 0.222. The molecule has 0 spiro atoms. The van der Waals surface area contributed by atoms with Gasteiger partial charge in [0.2, 0.25) is 4.75 Å². The zero-order valence-electron chi connectivity index (χ0n) is 9.91. The Morgan fingerprint density at radius 3 is 2.12 bits per heavy atom. The smallest absolute Gasteiger partial charge is 1.00 e. The van der Waals surface area contributed by atoms with Gasteiger partial charge in [-0.1, -0.05) is 18.2 Å². The van der Waals surface area contributed by atoms with Gasteiger partial charge in [-0.15, -0.1) is 0 Å². The summed E-state index contributed by atoms with van der Waals surface area (Å²) in [5.74, 6) is -1.63. The second-order valence-electron chi connectivity index (χ2n) is 3.03. The van der Waals surface area contributed by atoms with Crippen LogP contribution in [0.4, 0.5) is 0 Å². The first-order chi connectivity index (χ1) is 6.83. The van der Waals surface area contributed by atoms with Gasteiger partial charge < -0.3 is 6.53 Å². The maximum absolute atomic E-state index is 11.0. The Balaban J connectivity index is 0. The van der Waals surface area contributed by atoms with E-state index in [9.17, 15) is 13.2 Å². The molecule has 0 aromatic rings. The molecule has 0 heterocycles. The van der Waals surface area contributed by atoms with Crippen molar-refractivity contribution < 1.29 is 53.9 Å². The van der Waals surface area contributed by atoms with Gasteiger partial charge in [-0.3, -0.25) is 4.55 Å². The Kier molecular flexibility index (Phi) is 5.15. The number of aliphatic carboxylic acids is 1. The van der Waals surface area contributed by atoms with Gasteiger partial charge in [0.25, 0.3) is 10.1 Å². The van der Waals surface area contributed by atoms with Crippen LogP contribution in [0.5, 0.6) is 0 Å². The number of rotatable bonds is 2. The summed E-state index contributed by atoms with van der Waals surface area (Å²) in [5.41, 5.74) is 0.676. The van der Waals surface area contributed by atoms with Gasteiger partial charge >= 0.3 is 35.5 Å². The number of carbonyl (C=O) groups is 1. The molecule has 1 rings (SSSR count). The molecule has 7 heteroatoms. The van der Waals surface area contributed by atoms with E-state index >= 15 is 0 Å². The minimum atomic E-state index is -4.72. The van der Waals surface area contributed by atoms with Crippen molar-refractivity contribution in [2.45, 2.75) is 11.7 Å². The van der Waals surface area contributed by atoms with Crippen molar-refractivity contribution in [1.82, 2.24) is 0 Å². The molecule has 0 bridgehead atoms. The SMILES string of the molecule is CC=C1C=CC(C(=O)O)(S(=O)(=O)O)C=C1.[H-].[Na+]. The molecule has 0 unspecified atom stereocenters. The summed E-state index contributed by atoms with van der Waals surface area (Å²) >= 11 is 0. The first-order valence-electron chi connectivity index (χ1n) is 4.09. The van der Waals surface area contributed by atoms with E-state index in [-0.39, 0.29) is 31.0 Å². The Bertz CT molecular complexity index is 462. The Labute approximate surface area is 117 Å². The molecule has 0 saturated heterocycles. The topological polar surface area (TPSA) is 91.7 Å². The van der Waals surface area contributed by atoms with Crippen molar-refractivity contribution >= 4 is 16.1 Å². The van der Waals surface area contributed by atoms with Gasteiger partial charge in [0.1, 0.15) is 0 Å².